The molecule has 2 aromatic rings. The summed E-state index contributed by atoms with van der Waals surface area (Å²) < 4.78 is 13.0. The maximum absolute atomic E-state index is 13.0. The first-order valence-corrected chi connectivity index (χ1v) is 5.81. The Morgan fingerprint density at radius 2 is 2.11 bits per heavy atom. The van der Waals surface area contributed by atoms with Crippen LogP contribution < -0.4 is 10.6 Å². The van der Waals surface area contributed by atoms with Crippen LogP contribution >= 0.6 is 0 Å². The van der Waals surface area contributed by atoms with Gasteiger partial charge in [-0.2, -0.15) is 0 Å². The van der Waals surface area contributed by atoms with E-state index < -0.39 is 5.82 Å². The van der Waals surface area contributed by atoms with Crippen molar-refractivity contribution < 1.29 is 9.18 Å². The van der Waals surface area contributed by atoms with E-state index in [-0.39, 0.29) is 5.91 Å². The molecule has 0 fully saturated rings. The van der Waals surface area contributed by atoms with Crippen molar-refractivity contribution >= 4 is 17.3 Å². The number of halogens is 1. The molecule has 1 aromatic carbocycles. The molecule has 0 radical (unpaired) electrons. The highest BCUT2D eigenvalue weighted by Crippen LogP contribution is 2.17. The van der Waals surface area contributed by atoms with Crippen molar-refractivity contribution in [3.63, 3.8) is 0 Å². The van der Waals surface area contributed by atoms with Crippen LogP contribution in [0.1, 0.15) is 16.1 Å². The summed E-state index contributed by atoms with van der Waals surface area (Å²) in [5, 5.41) is 5.57. The number of hydrogen-bond acceptors (Lipinski definition) is 3. The molecule has 4 nitrogen and oxygen atoms in total. The third kappa shape index (κ3) is 3.07. The Kier molecular flexibility index (Phi) is 3.75. The Bertz CT molecular complexity index is 613. The number of aromatic nitrogens is 1. The molecule has 1 heterocycles. The Balaban J connectivity index is 2.25. The van der Waals surface area contributed by atoms with E-state index in [4.69, 9.17) is 0 Å². The molecule has 0 bridgehead atoms. The van der Waals surface area contributed by atoms with Crippen LogP contribution in [0.25, 0.3) is 0 Å². The lowest BCUT2D eigenvalue weighted by Gasteiger charge is -2.10. The predicted octanol–water partition coefficient (Wildman–Crippen LogP) is 2.82. The molecule has 0 aliphatic heterocycles. The van der Waals surface area contributed by atoms with Crippen LogP contribution in [-0.4, -0.2) is 17.9 Å². The molecule has 98 valence electrons. The summed E-state index contributed by atoms with van der Waals surface area (Å²) in [5.41, 5.74) is 2.32. The van der Waals surface area contributed by atoms with Gasteiger partial charge in [0.2, 0.25) is 0 Å². The minimum atomic E-state index is -0.395. The van der Waals surface area contributed by atoms with Crippen molar-refractivity contribution in [2.45, 2.75) is 6.92 Å². The SMILES string of the molecule is CNc1cc(C)ncc1C(=O)Nc1cccc(F)c1. The number of nitrogens with zero attached hydrogens (tertiary/aromatic N) is 1. The Morgan fingerprint density at radius 3 is 2.79 bits per heavy atom. The second-order valence-electron chi connectivity index (χ2n) is 4.09. The molecule has 1 amide bonds. The molecule has 0 atom stereocenters. The molecule has 19 heavy (non-hydrogen) atoms. The van der Waals surface area contributed by atoms with Crippen molar-refractivity contribution in [2.75, 3.05) is 17.7 Å². The van der Waals surface area contributed by atoms with Gasteiger partial charge in [0.05, 0.1) is 11.3 Å². The van der Waals surface area contributed by atoms with Crippen molar-refractivity contribution in [3.8, 4) is 0 Å². The van der Waals surface area contributed by atoms with Gasteiger partial charge >= 0.3 is 0 Å². The summed E-state index contributed by atoms with van der Waals surface area (Å²) in [6, 6.07) is 7.53. The molecule has 5 heteroatoms. The molecule has 0 aliphatic carbocycles. The number of anilines is 2. The molecule has 0 aliphatic rings. The molecule has 0 unspecified atom stereocenters. The summed E-state index contributed by atoms with van der Waals surface area (Å²) in [7, 11) is 1.73. The van der Waals surface area contributed by atoms with Crippen molar-refractivity contribution in [2.24, 2.45) is 0 Å². The second-order valence-corrected chi connectivity index (χ2v) is 4.09. The highest BCUT2D eigenvalue weighted by atomic mass is 19.1. The quantitative estimate of drug-likeness (QED) is 0.891. The summed E-state index contributed by atoms with van der Waals surface area (Å²) in [5.74, 6) is -0.726. The molecule has 0 saturated heterocycles. The van der Waals surface area contributed by atoms with E-state index in [1.165, 1.54) is 24.4 Å². The summed E-state index contributed by atoms with van der Waals surface area (Å²) in [6.07, 6.45) is 1.50. The fourth-order valence-electron chi connectivity index (χ4n) is 1.71. The number of pyridine rings is 1. The fraction of sp³-hybridized carbons (Fsp3) is 0.143. The highest BCUT2D eigenvalue weighted by molar-refractivity contribution is 6.07. The van der Waals surface area contributed by atoms with E-state index in [9.17, 15) is 9.18 Å². The van der Waals surface area contributed by atoms with Crippen molar-refractivity contribution in [1.29, 1.82) is 0 Å². The van der Waals surface area contributed by atoms with Gasteiger partial charge in [-0.25, -0.2) is 4.39 Å². The van der Waals surface area contributed by atoms with E-state index in [2.05, 4.69) is 15.6 Å². The lowest BCUT2D eigenvalue weighted by atomic mass is 10.2. The average molecular weight is 259 g/mol. The Hall–Kier alpha value is -2.43. The van der Waals surface area contributed by atoms with Gasteiger partial charge < -0.3 is 10.6 Å². The van der Waals surface area contributed by atoms with Gasteiger partial charge in [-0.05, 0) is 31.2 Å². The number of rotatable bonds is 3. The van der Waals surface area contributed by atoms with E-state index in [0.717, 1.165) is 5.69 Å². The molecule has 1 aromatic heterocycles. The summed E-state index contributed by atoms with van der Waals surface area (Å²) in [4.78, 5) is 16.2. The Labute approximate surface area is 110 Å². The molecule has 0 saturated carbocycles. The van der Waals surface area contributed by atoms with Crippen LogP contribution in [0.5, 0.6) is 0 Å². The first-order chi connectivity index (χ1) is 9.10. The zero-order valence-electron chi connectivity index (χ0n) is 10.7. The first-order valence-electron chi connectivity index (χ1n) is 5.81. The zero-order chi connectivity index (χ0) is 13.8. The van der Waals surface area contributed by atoms with E-state index in [1.807, 2.05) is 6.92 Å². The summed E-state index contributed by atoms with van der Waals surface area (Å²) >= 11 is 0. The topological polar surface area (TPSA) is 54.0 Å². The minimum Gasteiger partial charge on any atom is -0.387 e. The normalized spacial score (nSPS) is 10.1. The van der Waals surface area contributed by atoms with Gasteiger partial charge in [0.1, 0.15) is 5.82 Å². The fourth-order valence-corrected chi connectivity index (χ4v) is 1.71. The average Bonchev–Trinajstić information content (AvgIpc) is 2.38. The maximum Gasteiger partial charge on any atom is 0.259 e. The van der Waals surface area contributed by atoms with Gasteiger partial charge in [-0.3, -0.25) is 9.78 Å². The predicted molar refractivity (Wildman–Crippen MR) is 72.9 cm³/mol. The number of benzene rings is 1. The maximum atomic E-state index is 13.0. The van der Waals surface area contributed by atoms with Gasteiger partial charge in [-0.15, -0.1) is 0 Å². The number of amides is 1. The zero-order valence-corrected chi connectivity index (χ0v) is 10.7. The Morgan fingerprint density at radius 1 is 1.32 bits per heavy atom. The summed E-state index contributed by atoms with van der Waals surface area (Å²) in [6.45, 7) is 1.84. The van der Waals surface area contributed by atoms with Crippen LogP contribution in [-0.2, 0) is 0 Å². The van der Waals surface area contributed by atoms with E-state index in [0.29, 0.717) is 16.9 Å². The number of carbonyl (C=O) groups excluding carboxylic acids is 1. The number of aryl methyl sites for hydroxylation is 1. The first kappa shape index (κ1) is 13.0. The third-order valence-electron chi connectivity index (χ3n) is 2.64. The van der Waals surface area contributed by atoms with E-state index >= 15 is 0 Å². The second kappa shape index (κ2) is 5.48. The molecule has 2 N–H and O–H groups in total. The largest absolute Gasteiger partial charge is 0.387 e. The van der Waals surface area contributed by atoms with Crippen LogP contribution in [0.3, 0.4) is 0 Å². The van der Waals surface area contributed by atoms with Crippen molar-refractivity contribution in [3.05, 3.63) is 53.6 Å². The molecule has 2 rings (SSSR count). The van der Waals surface area contributed by atoms with Gasteiger partial charge in [-0.1, -0.05) is 6.07 Å². The van der Waals surface area contributed by atoms with Crippen LogP contribution in [0.15, 0.2) is 36.5 Å². The van der Waals surface area contributed by atoms with Crippen LogP contribution in [0.2, 0.25) is 0 Å². The van der Waals surface area contributed by atoms with Gasteiger partial charge in [0, 0.05) is 24.6 Å². The van der Waals surface area contributed by atoms with Crippen molar-refractivity contribution in [1.82, 2.24) is 4.98 Å². The standard InChI is InChI=1S/C14H14FN3O/c1-9-6-13(16-2)12(8-17-9)14(19)18-11-5-3-4-10(15)7-11/h3-8H,1-2H3,(H,16,17)(H,18,19). The van der Waals surface area contributed by atoms with Gasteiger partial charge in [0.25, 0.3) is 5.91 Å². The minimum absolute atomic E-state index is 0.331. The highest BCUT2D eigenvalue weighted by Gasteiger charge is 2.12. The monoisotopic (exact) mass is 259 g/mol. The van der Waals surface area contributed by atoms with Crippen LogP contribution in [0.4, 0.5) is 15.8 Å². The molecule has 0 spiro atoms. The van der Waals surface area contributed by atoms with Crippen LogP contribution in [0, 0.1) is 12.7 Å². The third-order valence-corrected chi connectivity index (χ3v) is 2.64. The van der Waals surface area contributed by atoms with Gasteiger partial charge in [0.15, 0.2) is 0 Å². The number of hydrogen-bond donors (Lipinski definition) is 2. The number of nitrogens with one attached hydrogen (secondary N) is 2. The molecular formula is C14H14FN3O. The van der Waals surface area contributed by atoms with E-state index in [1.54, 1.807) is 19.2 Å². The smallest absolute Gasteiger partial charge is 0.259 e. The number of carbonyl (C=O) groups is 1. The lowest BCUT2D eigenvalue weighted by Crippen LogP contribution is -2.14. The lowest BCUT2D eigenvalue weighted by molar-refractivity contribution is 0.102. The molecular weight excluding hydrogens is 245 g/mol.